The molecule has 5 nitrogen and oxygen atoms in total. The fourth-order valence-corrected chi connectivity index (χ4v) is 1.25. The van der Waals surface area contributed by atoms with Gasteiger partial charge in [0.2, 0.25) is 0 Å². The van der Waals surface area contributed by atoms with Crippen LogP contribution in [0.1, 0.15) is 5.69 Å². The molecular formula is C10H11N3O2. The molecule has 0 aliphatic carbocycles. The van der Waals surface area contributed by atoms with Gasteiger partial charge in [-0.05, 0) is 12.1 Å². The summed E-state index contributed by atoms with van der Waals surface area (Å²) >= 11 is 0. The van der Waals surface area contributed by atoms with Crippen molar-refractivity contribution in [1.29, 1.82) is 0 Å². The summed E-state index contributed by atoms with van der Waals surface area (Å²) < 4.78 is 6.69. The maximum Gasteiger partial charge on any atom is 0.121 e. The number of aliphatic hydroxyl groups excluding tert-OH is 1. The normalized spacial score (nSPS) is 10.3. The van der Waals surface area contributed by atoms with Crippen LogP contribution < -0.4 is 4.74 Å². The molecule has 0 unspecified atom stereocenters. The largest absolute Gasteiger partial charge is 0.497 e. The Labute approximate surface area is 86.9 Å². The SMILES string of the molecule is COc1cccc(-n2cc(CO)nn2)c1. The van der Waals surface area contributed by atoms with E-state index in [2.05, 4.69) is 10.3 Å². The van der Waals surface area contributed by atoms with Gasteiger partial charge in [0, 0.05) is 6.07 Å². The zero-order valence-electron chi connectivity index (χ0n) is 8.29. The lowest BCUT2D eigenvalue weighted by molar-refractivity contribution is 0.276. The fourth-order valence-electron chi connectivity index (χ4n) is 1.25. The number of ether oxygens (including phenoxy) is 1. The highest BCUT2D eigenvalue weighted by atomic mass is 16.5. The summed E-state index contributed by atoms with van der Waals surface area (Å²) in [5.74, 6) is 0.758. The first-order valence-corrected chi connectivity index (χ1v) is 4.50. The molecule has 0 aliphatic heterocycles. The molecule has 0 aliphatic rings. The molecule has 15 heavy (non-hydrogen) atoms. The Bertz CT molecular complexity index is 453. The molecule has 0 atom stereocenters. The summed E-state index contributed by atoms with van der Waals surface area (Å²) in [6.07, 6.45) is 1.68. The number of benzene rings is 1. The zero-order valence-corrected chi connectivity index (χ0v) is 8.29. The average Bonchev–Trinajstić information content (AvgIpc) is 2.78. The van der Waals surface area contributed by atoms with Crippen molar-refractivity contribution in [1.82, 2.24) is 15.0 Å². The van der Waals surface area contributed by atoms with Crippen LogP contribution in [0.3, 0.4) is 0 Å². The number of hydrogen-bond donors (Lipinski definition) is 1. The van der Waals surface area contributed by atoms with Crippen LogP contribution in [0.5, 0.6) is 5.75 Å². The van der Waals surface area contributed by atoms with Crippen LogP contribution in [0.15, 0.2) is 30.5 Å². The van der Waals surface area contributed by atoms with E-state index in [9.17, 15) is 0 Å². The van der Waals surface area contributed by atoms with Crippen molar-refractivity contribution in [3.8, 4) is 11.4 Å². The standard InChI is InChI=1S/C10H11N3O2/c1-15-10-4-2-3-9(5-10)13-6-8(7-14)11-12-13/h2-6,14H,7H2,1H3. The van der Waals surface area contributed by atoms with Crippen molar-refractivity contribution >= 4 is 0 Å². The van der Waals surface area contributed by atoms with Crippen molar-refractivity contribution in [2.45, 2.75) is 6.61 Å². The van der Waals surface area contributed by atoms with Crippen LogP contribution in [0.4, 0.5) is 0 Å². The van der Waals surface area contributed by atoms with Crippen molar-refractivity contribution in [3.63, 3.8) is 0 Å². The van der Waals surface area contributed by atoms with Crippen LogP contribution in [0.25, 0.3) is 5.69 Å². The van der Waals surface area contributed by atoms with E-state index in [0.29, 0.717) is 5.69 Å². The number of aliphatic hydroxyl groups is 1. The van der Waals surface area contributed by atoms with Crippen LogP contribution >= 0.6 is 0 Å². The quantitative estimate of drug-likeness (QED) is 0.804. The first-order chi connectivity index (χ1) is 7.33. The summed E-state index contributed by atoms with van der Waals surface area (Å²) in [6.45, 7) is -0.107. The van der Waals surface area contributed by atoms with Crippen LogP contribution in [-0.4, -0.2) is 27.2 Å². The van der Waals surface area contributed by atoms with Gasteiger partial charge in [-0.2, -0.15) is 0 Å². The minimum absolute atomic E-state index is 0.107. The molecule has 0 bridgehead atoms. The van der Waals surface area contributed by atoms with E-state index in [1.807, 2.05) is 24.3 Å². The molecule has 1 N–H and O–H groups in total. The van der Waals surface area contributed by atoms with Crippen molar-refractivity contribution in [2.75, 3.05) is 7.11 Å². The smallest absolute Gasteiger partial charge is 0.121 e. The van der Waals surface area contributed by atoms with Gasteiger partial charge in [-0.3, -0.25) is 0 Å². The van der Waals surface area contributed by atoms with E-state index in [1.165, 1.54) is 0 Å². The Balaban J connectivity index is 2.35. The predicted molar refractivity (Wildman–Crippen MR) is 53.8 cm³/mol. The molecule has 1 aromatic heterocycles. The summed E-state index contributed by atoms with van der Waals surface area (Å²) in [5.41, 5.74) is 1.39. The lowest BCUT2D eigenvalue weighted by atomic mass is 10.3. The Hall–Kier alpha value is -1.88. The van der Waals surface area contributed by atoms with E-state index < -0.39 is 0 Å². The van der Waals surface area contributed by atoms with Gasteiger partial charge >= 0.3 is 0 Å². The summed E-state index contributed by atoms with van der Waals surface area (Å²) in [5, 5.41) is 16.5. The highest BCUT2D eigenvalue weighted by Gasteiger charge is 2.02. The molecule has 0 fully saturated rings. The zero-order chi connectivity index (χ0) is 10.7. The number of aromatic nitrogens is 3. The molecule has 78 valence electrons. The Morgan fingerprint density at radius 1 is 1.47 bits per heavy atom. The molecule has 1 heterocycles. The number of hydrogen-bond acceptors (Lipinski definition) is 4. The third-order valence-corrected chi connectivity index (χ3v) is 2.02. The van der Waals surface area contributed by atoms with Crippen LogP contribution in [-0.2, 0) is 6.61 Å². The van der Waals surface area contributed by atoms with E-state index in [-0.39, 0.29) is 6.61 Å². The second-order valence-electron chi connectivity index (χ2n) is 3.01. The molecule has 0 saturated heterocycles. The lowest BCUT2D eigenvalue weighted by Crippen LogP contribution is -1.95. The number of rotatable bonds is 3. The van der Waals surface area contributed by atoms with E-state index in [1.54, 1.807) is 18.0 Å². The van der Waals surface area contributed by atoms with E-state index in [0.717, 1.165) is 11.4 Å². The van der Waals surface area contributed by atoms with Gasteiger partial charge in [0.15, 0.2) is 0 Å². The Morgan fingerprint density at radius 2 is 2.33 bits per heavy atom. The fraction of sp³-hybridized carbons (Fsp3) is 0.200. The van der Waals surface area contributed by atoms with Gasteiger partial charge in [-0.25, -0.2) is 4.68 Å². The van der Waals surface area contributed by atoms with Gasteiger partial charge < -0.3 is 9.84 Å². The van der Waals surface area contributed by atoms with Gasteiger partial charge in [-0.1, -0.05) is 11.3 Å². The van der Waals surface area contributed by atoms with Crippen molar-refractivity contribution in [3.05, 3.63) is 36.2 Å². The van der Waals surface area contributed by atoms with E-state index >= 15 is 0 Å². The van der Waals surface area contributed by atoms with Crippen molar-refractivity contribution in [2.24, 2.45) is 0 Å². The summed E-state index contributed by atoms with van der Waals surface area (Å²) in [4.78, 5) is 0. The van der Waals surface area contributed by atoms with E-state index in [4.69, 9.17) is 9.84 Å². The predicted octanol–water partition coefficient (Wildman–Crippen LogP) is 0.768. The molecule has 2 rings (SSSR count). The highest BCUT2D eigenvalue weighted by Crippen LogP contribution is 2.15. The third-order valence-electron chi connectivity index (χ3n) is 2.02. The highest BCUT2D eigenvalue weighted by molar-refractivity contribution is 5.38. The monoisotopic (exact) mass is 205 g/mol. The molecule has 0 spiro atoms. The maximum atomic E-state index is 8.86. The van der Waals surface area contributed by atoms with Gasteiger partial charge in [0.05, 0.1) is 25.6 Å². The maximum absolute atomic E-state index is 8.86. The second-order valence-corrected chi connectivity index (χ2v) is 3.01. The molecule has 1 aromatic carbocycles. The lowest BCUT2D eigenvalue weighted by Gasteiger charge is -2.02. The molecule has 0 radical (unpaired) electrons. The second kappa shape index (κ2) is 4.10. The first-order valence-electron chi connectivity index (χ1n) is 4.50. The Kier molecular flexibility index (Phi) is 2.64. The first kappa shape index (κ1) is 9.67. The number of methoxy groups -OCH3 is 1. The Morgan fingerprint density at radius 3 is 3.00 bits per heavy atom. The minimum Gasteiger partial charge on any atom is -0.497 e. The van der Waals surface area contributed by atoms with Gasteiger partial charge in [0.25, 0.3) is 0 Å². The van der Waals surface area contributed by atoms with Crippen LogP contribution in [0.2, 0.25) is 0 Å². The van der Waals surface area contributed by atoms with Gasteiger partial charge in [-0.15, -0.1) is 5.10 Å². The topological polar surface area (TPSA) is 60.2 Å². The van der Waals surface area contributed by atoms with Crippen LogP contribution in [0, 0.1) is 0 Å². The number of nitrogens with zero attached hydrogens (tertiary/aromatic N) is 3. The summed E-state index contributed by atoms with van der Waals surface area (Å²) in [7, 11) is 1.61. The molecule has 2 aromatic rings. The minimum atomic E-state index is -0.107. The molecule has 0 amide bonds. The average molecular weight is 205 g/mol. The van der Waals surface area contributed by atoms with Crippen molar-refractivity contribution < 1.29 is 9.84 Å². The molecule has 0 saturated carbocycles. The summed E-state index contributed by atoms with van der Waals surface area (Å²) in [6, 6.07) is 7.45. The molecular weight excluding hydrogens is 194 g/mol. The third kappa shape index (κ3) is 1.97. The van der Waals surface area contributed by atoms with Gasteiger partial charge in [0.1, 0.15) is 11.4 Å². The molecule has 5 heteroatoms.